The van der Waals surface area contributed by atoms with Crippen molar-refractivity contribution < 1.29 is 27.2 Å². The number of aryl methyl sites for hydroxylation is 1. The summed E-state index contributed by atoms with van der Waals surface area (Å²) in [5.41, 5.74) is -0.253. The lowest BCUT2D eigenvalue weighted by atomic mass is 10.1. The summed E-state index contributed by atoms with van der Waals surface area (Å²) in [6.45, 7) is 1.84. The molecule has 1 aromatic heterocycles. The number of aromatic nitrogens is 1. The number of hydrogen-bond acceptors (Lipinski definition) is 4. The Kier molecular flexibility index (Phi) is 6.42. The van der Waals surface area contributed by atoms with Crippen LogP contribution in [-0.4, -0.2) is 23.8 Å². The molecule has 0 saturated heterocycles. The second kappa shape index (κ2) is 9.04. The fraction of sp³-hybridized carbons (Fsp3) is 0.136. The predicted molar refractivity (Wildman–Crippen MR) is 111 cm³/mol. The van der Waals surface area contributed by atoms with Gasteiger partial charge in [-0.25, -0.2) is 9.37 Å². The average molecular weight is 446 g/mol. The lowest BCUT2D eigenvalue weighted by Crippen LogP contribution is -2.20. The molecule has 2 aromatic carbocycles. The van der Waals surface area contributed by atoms with Gasteiger partial charge in [-0.1, -0.05) is 18.2 Å². The van der Waals surface area contributed by atoms with E-state index in [4.69, 9.17) is 0 Å². The average Bonchev–Trinajstić information content (AvgIpc) is 2.75. The normalized spacial score (nSPS) is 11.1. The Morgan fingerprint density at radius 2 is 1.66 bits per heavy atom. The number of nitrogens with one attached hydrogen (secondary N) is 3. The largest absolute Gasteiger partial charge is 0.419 e. The molecule has 0 unspecified atom stereocenters. The first-order valence-corrected chi connectivity index (χ1v) is 9.33. The number of rotatable bonds is 5. The van der Waals surface area contributed by atoms with E-state index in [2.05, 4.69) is 20.9 Å². The van der Waals surface area contributed by atoms with Crippen LogP contribution in [0.4, 0.5) is 34.8 Å². The first kappa shape index (κ1) is 22.7. The number of pyridine rings is 1. The number of amides is 2. The Morgan fingerprint density at radius 3 is 2.31 bits per heavy atom. The van der Waals surface area contributed by atoms with Crippen LogP contribution in [0.1, 0.15) is 31.8 Å². The standard InChI is InChI=1S/C22H18F4N4O2/c1-12-5-3-4-6-17(12)29-19-18(10-14(11-28-19)20(31)27-2)30-21(32)13-7-8-16(23)15(9-13)22(24,25)26/h3-11H,1-2H3,(H,27,31)(H,28,29)(H,30,32). The van der Waals surface area contributed by atoms with Gasteiger partial charge in [0, 0.05) is 24.5 Å². The Bertz CT molecular complexity index is 1180. The zero-order valence-electron chi connectivity index (χ0n) is 17.0. The Morgan fingerprint density at radius 1 is 0.938 bits per heavy atom. The van der Waals surface area contributed by atoms with E-state index in [0.29, 0.717) is 17.8 Å². The summed E-state index contributed by atoms with van der Waals surface area (Å²) >= 11 is 0. The van der Waals surface area contributed by atoms with Crippen molar-refractivity contribution >= 4 is 29.0 Å². The van der Waals surface area contributed by atoms with E-state index in [1.807, 2.05) is 19.1 Å². The number of para-hydroxylation sites is 1. The fourth-order valence-electron chi connectivity index (χ4n) is 2.85. The molecule has 0 saturated carbocycles. The number of alkyl halides is 3. The number of anilines is 3. The van der Waals surface area contributed by atoms with Crippen LogP contribution in [0.25, 0.3) is 0 Å². The molecule has 0 radical (unpaired) electrons. The van der Waals surface area contributed by atoms with E-state index < -0.39 is 34.9 Å². The number of carbonyl (C=O) groups is 2. The lowest BCUT2D eigenvalue weighted by Gasteiger charge is -2.15. The molecule has 32 heavy (non-hydrogen) atoms. The molecule has 0 atom stereocenters. The van der Waals surface area contributed by atoms with Gasteiger partial charge in [0.2, 0.25) is 0 Å². The highest BCUT2D eigenvalue weighted by molar-refractivity contribution is 6.07. The SMILES string of the molecule is CNC(=O)c1cnc(Nc2ccccc2C)c(NC(=O)c2ccc(F)c(C(F)(F)F)c2)c1. The third-order valence-corrected chi connectivity index (χ3v) is 4.56. The van der Waals surface area contributed by atoms with E-state index >= 15 is 0 Å². The van der Waals surface area contributed by atoms with Gasteiger partial charge >= 0.3 is 6.18 Å². The fourth-order valence-corrected chi connectivity index (χ4v) is 2.85. The monoisotopic (exact) mass is 446 g/mol. The second-order valence-electron chi connectivity index (χ2n) is 6.79. The van der Waals surface area contributed by atoms with Gasteiger partial charge in [0.15, 0.2) is 5.82 Å². The van der Waals surface area contributed by atoms with Crippen molar-refractivity contribution in [2.75, 3.05) is 17.7 Å². The van der Waals surface area contributed by atoms with E-state index in [9.17, 15) is 27.2 Å². The number of nitrogens with zero attached hydrogens (tertiary/aromatic N) is 1. The molecule has 166 valence electrons. The van der Waals surface area contributed by atoms with Crippen LogP contribution in [-0.2, 0) is 6.18 Å². The van der Waals surface area contributed by atoms with Gasteiger partial charge in [-0.3, -0.25) is 9.59 Å². The van der Waals surface area contributed by atoms with Crippen molar-refractivity contribution in [1.82, 2.24) is 10.3 Å². The molecule has 2 amide bonds. The Hall–Kier alpha value is -3.95. The van der Waals surface area contributed by atoms with Gasteiger partial charge in [0.25, 0.3) is 11.8 Å². The molecule has 3 aromatic rings. The highest BCUT2D eigenvalue weighted by Crippen LogP contribution is 2.32. The van der Waals surface area contributed by atoms with Crippen molar-refractivity contribution in [3.05, 3.63) is 82.8 Å². The van der Waals surface area contributed by atoms with Gasteiger partial charge < -0.3 is 16.0 Å². The molecular formula is C22H18F4N4O2. The Labute approximate surface area is 180 Å². The van der Waals surface area contributed by atoms with Crippen LogP contribution in [0.5, 0.6) is 0 Å². The highest BCUT2D eigenvalue weighted by Gasteiger charge is 2.34. The third-order valence-electron chi connectivity index (χ3n) is 4.56. The molecule has 0 bridgehead atoms. The highest BCUT2D eigenvalue weighted by atomic mass is 19.4. The van der Waals surface area contributed by atoms with Gasteiger partial charge in [-0.2, -0.15) is 13.2 Å². The molecule has 0 fully saturated rings. The summed E-state index contributed by atoms with van der Waals surface area (Å²) in [4.78, 5) is 28.8. The van der Waals surface area contributed by atoms with Crippen LogP contribution in [0.3, 0.4) is 0 Å². The maximum absolute atomic E-state index is 13.6. The smallest absolute Gasteiger partial charge is 0.355 e. The number of carbonyl (C=O) groups excluding carboxylic acids is 2. The first-order valence-electron chi connectivity index (χ1n) is 9.33. The zero-order chi connectivity index (χ0) is 23.5. The van der Waals surface area contributed by atoms with E-state index in [0.717, 1.165) is 11.6 Å². The molecular weight excluding hydrogens is 428 g/mol. The van der Waals surface area contributed by atoms with Gasteiger partial charge in [0.05, 0.1) is 16.8 Å². The summed E-state index contributed by atoms with van der Waals surface area (Å²) < 4.78 is 52.6. The molecule has 0 aliphatic carbocycles. The number of benzene rings is 2. The molecule has 1 heterocycles. The van der Waals surface area contributed by atoms with Crippen LogP contribution >= 0.6 is 0 Å². The zero-order valence-corrected chi connectivity index (χ0v) is 17.0. The molecule has 6 nitrogen and oxygen atoms in total. The van der Waals surface area contributed by atoms with Gasteiger partial charge in [-0.15, -0.1) is 0 Å². The second-order valence-corrected chi connectivity index (χ2v) is 6.79. The summed E-state index contributed by atoms with van der Waals surface area (Å²) in [5, 5.41) is 7.90. The molecule has 0 aliphatic rings. The molecule has 3 N–H and O–H groups in total. The molecule has 0 spiro atoms. The number of halogens is 4. The Balaban J connectivity index is 1.99. The molecule has 10 heteroatoms. The van der Waals surface area contributed by atoms with E-state index in [1.54, 1.807) is 12.1 Å². The van der Waals surface area contributed by atoms with E-state index in [-0.39, 0.29) is 17.1 Å². The van der Waals surface area contributed by atoms with Crippen molar-refractivity contribution in [3.63, 3.8) is 0 Å². The summed E-state index contributed by atoms with van der Waals surface area (Å²) in [5.74, 6) is -2.73. The van der Waals surface area contributed by atoms with Crippen LogP contribution in [0.15, 0.2) is 54.7 Å². The summed E-state index contributed by atoms with van der Waals surface area (Å²) in [7, 11) is 1.41. The minimum atomic E-state index is -4.96. The minimum Gasteiger partial charge on any atom is -0.355 e. The molecule has 0 aliphatic heterocycles. The first-order chi connectivity index (χ1) is 15.1. The summed E-state index contributed by atoms with van der Waals surface area (Å²) in [6.07, 6.45) is -3.67. The van der Waals surface area contributed by atoms with Crippen molar-refractivity contribution in [2.24, 2.45) is 0 Å². The van der Waals surface area contributed by atoms with Crippen LogP contribution < -0.4 is 16.0 Å². The third kappa shape index (κ3) is 5.02. The van der Waals surface area contributed by atoms with Crippen molar-refractivity contribution in [3.8, 4) is 0 Å². The topological polar surface area (TPSA) is 83.1 Å². The predicted octanol–water partition coefficient (Wildman–Crippen LogP) is 4.90. The van der Waals surface area contributed by atoms with Crippen molar-refractivity contribution in [1.29, 1.82) is 0 Å². The maximum Gasteiger partial charge on any atom is 0.419 e. The quantitative estimate of drug-likeness (QED) is 0.487. The lowest BCUT2D eigenvalue weighted by molar-refractivity contribution is -0.140. The van der Waals surface area contributed by atoms with Gasteiger partial charge in [-0.05, 0) is 42.8 Å². The van der Waals surface area contributed by atoms with Crippen LogP contribution in [0.2, 0.25) is 0 Å². The number of hydrogen-bond donors (Lipinski definition) is 3. The maximum atomic E-state index is 13.6. The van der Waals surface area contributed by atoms with Gasteiger partial charge in [0.1, 0.15) is 5.82 Å². The minimum absolute atomic E-state index is 0.0530. The molecule has 3 rings (SSSR count). The van der Waals surface area contributed by atoms with E-state index in [1.165, 1.54) is 19.3 Å². The van der Waals surface area contributed by atoms with Crippen molar-refractivity contribution in [2.45, 2.75) is 13.1 Å². The summed E-state index contributed by atoms with van der Waals surface area (Å²) in [6, 6.07) is 10.5. The van der Waals surface area contributed by atoms with Crippen LogP contribution in [0, 0.1) is 12.7 Å².